The van der Waals surface area contributed by atoms with Gasteiger partial charge in [-0.1, -0.05) is 31.5 Å². The number of benzene rings is 1. The summed E-state index contributed by atoms with van der Waals surface area (Å²) in [6, 6.07) is 8.54. The maximum absolute atomic E-state index is 6.29. The van der Waals surface area contributed by atoms with Crippen LogP contribution >= 0.6 is 0 Å². The fourth-order valence-electron chi connectivity index (χ4n) is 3.57. The normalized spacial score (nSPS) is 37.1. The predicted octanol–water partition coefficient (Wildman–Crippen LogP) is 3.82. The second kappa shape index (κ2) is 3.51. The smallest absolute Gasteiger partial charge is 0.123 e. The van der Waals surface area contributed by atoms with Gasteiger partial charge in [-0.3, -0.25) is 0 Å². The summed E-state index contributed by atoms with van der Waals surface area (Å²) in [5.41, 5.74) is 1.49. The van der Waals surface area contributed by atoms with Crippen LogP contribution in [0, 0.1) is 11.8 Å². The minimum atomic E-state index is 0.0893. The highest BCUT2D eigenvalue weighted by Gasteiger charge is 2.45. The highest BCUT2D eigenvalue weighted by Crippen LogP contribution is 2.47. The maximum atomic E-state index is 6.29. The lowest BCUT2D eigenvalue weighted by atomic mass is 9.67. The van der Waals surface area contributed by atoms with E-state index in [1.54, 1.807) is 0 Å². The van der Waals surface area contributed by atoms with Crippen LogP contribution in [-0.4, -0.2) is 5.60 Å². The number of fused-ring (bicyclic) bond motifs is 2. The van der Waals surface area contributed by atoms with Crippen molar-refractivity contribution in [3.8, 4) is 5.75 Å². The predicted molar refractivity (Wildman–Crippen MR) is 65.7 cm³/mol. The second-order valence-corrected chi connectivity index (χ2v) is 5.70. The van der Waals surface area contributed by atoms with E-state index >= 15 is 0 Å². The summed E-state index contributed by atoms with van der Waals surface area (Å²) in [5, 5.41) is 0. The quantitative estimate of drug-likeness (QED) is 0.640. The van der Waals surface area contributed by atoms with Crippen molar-refractivity contribution in [2.75, 3.05) is 0 Å². The Morgan fingerprint density at radius 3 is 3.00 bits per heavy atom. The molecule has 86 valence electrons. The zero-order valence-corrected chi connectivity index (χ0v) is 10.2. The van der Waals surface area contributed by atoms with Crippen LogP contribution in [0.1, 0.15) is 38.7 Å². The Kier molecular flexibility index (Phi) is 2.24. The maximum Gasteiger partial charge on any atom is 0.123 e. The molecule has 0 radical (unpaired) electrons. The first-order valence-electron chi connectivity index (χ1n) is 6.46. The first kappa shape index (κ1) is 10.2. The first-order valence-corrected chi connectivity index (χ1v) is 6.46. The SMILES string of the molecule is C[C@@H]1CCC[C@]2(C)Oc3ccccc3C[C@@H]12. The number of rotatable bonds is 0. The summed E-state index contributed by atoms with van der Waals surface area (Å²) in [6.45, 7) is 4.70. The molecule has 3 rings (SSSR count). The van der Waals surface area contributed by atoms with Crippen LogP contribution in [0.4, 0.5) is 0 Å². The molecule has 1 saturated carbocycles. The molecule has 16 heavy (non-hydrogen) atoms. The van der Waals surface area contributed by atoms with Crippen molar-refractivity contribution in [2.45, 2.75) is 45.1 Å². The van der Waals surface area contributed by atoms with E-state index in [2.05, 4.69) is 38.1 Å². The molecule has 0 saturated heterocycles. The number of ether oxygens (including phenoxy) is 1. The van der Waals surface area contributed by atoms with Gasteiger partial charge in [0.25, 0.3) is 0 Å². The molecule has 0 N–H and O–H groups in total. The molecule has 2 aliphatic rings. The third-order valence-electron chi connectivity index (χ3n) is 4.56. The van der Waals surface area contributed by atoms with E-state index in [0.29, 0.717) is 5.92 Å². The lowest BCUT2D eigenvalue weighted by Crippen LogP contribution is -2.50. The third kappa shape index (κ3) is 1.45. The summed E-state index contributed by atoms with van der Waals surface area (Å²) in [7, 11) is 0. The molecule has 1 aliphatic carbocycles. The van der Waals surface area contributed by atoms with Gasteiger partial charge < -0.3 is 4.74 Å². The highest BCUT2D eigenvalue weighted by atomic mass is 16.5. The molecule has 0 amide bonds. The number of hydrogen-bond donors (Lipinski definition) is 0. The Hall–Kier alpha value is -0.980. The summed E-state index contributed by atoms with van der Waals surface area (Å²) in [5.74, 6) is 2.62. The van der Waals surface area contributed by atoms with E-state index in [1.165, 1.54) is 31.2 Å². The van der Waals surface area contributed by atoms with Gasteiger partial charge in [-0.15, -0.1) is 0 Å². The summed E-state index contributed by atoms with van der Waals surface area (Å²) in [6.07, 6.45) is 5.10. The monoisotopic (exact) mass is 216 g/mol. The van der Waals surface area contributed by atoms with E-state index in [0.717, 1.165) is 11.7 Å². The molecule has 1 aromatic rings. The van der Waals surface area contributed by atoms with Crippen LogP contribution in [-0.2, 0) is 6.42 Å². The largest absolute Gasteiger partial charge is 0.487 e. The summed E-state index contributed by atoms with van der Waals surface area (Å²) in [4.78, 5) is 0. The van der Waals surface area contributed by atoms with Crippen molar-refractivity contribution in [2.24, 2.45) is 11.8 Å². The van der Waals surface area contributed by atoms with Gasteiger partial charge in [-0.25, -0.2) is 0 Å². The van der Waals surface area contributed by atoms with Crippen molar-refractivity contribution in [3.63, 3.8) is 0 Å². The van der Waals surface area contributed by atoms with Crippen molar-refractivity contribution in [1.29, 1.82) is 0 Å². The fraction of sp³-hybridized carbons (Fsp3) is 0.600. The van der Waals surface area contributed by atoms with Crippen LogP contribution in [0.25, 0.3) is 0 Å². The lowest BCUT2D eigenvalue weighted by molar-refractivity contribution is -0.0462. The van der Waals surface area contributed by atoms with Gasteiger partial charge >= 0.3 is 0 Å². The van der Waals surface area contributed by atoms with Gasteiger partial charge in [0.05, 0.1) is 0 Å². The Balaban J connectivity index is 1.99. The summed E-state index contributed by atoms with van der Waals surface area (Å²) < 4.78 is 6.29. The molecule has 3 atom stereocenters. The van der Waals surface area contributed by atoms with Crippen LogP contribution in [0.15, 0.2) is 24.3 Å². The van der Waals surface area contributed by atoms with E-state index in [1.807, 2.05) is 0 Å². The van der Waals surface area contributed by atoms with Crippen molar-refractivity contribution in [3.05, 3.63) is 29.8 Å². The molecule has 0 bridgehead atoms. The standard InChI is InChI=1S/C15H20O/c1-11-6-5-9-15(2)13(11)10-12-7-3-4-8-14(12)16-15/h3-4,7-8,11,13H,5-6,9-10H2,1-2H3/t11-,13+,15+/m1/s1. The first-order chi connectivity index (χ1) is 7.69. The third-order valence-corrected chi connectivity index (χ3v) is 4.56. The molecule has 0 aromatic heterocycles. The Labute approximate surface area is 97.8 Å². The van der Waals surface area contributed by atoms with Crippen LogP contribution in [0.3, 0.4) is 0 Å². The molecule has 1 fully saturated rings. The lowest BCUT2D eigenvalue weighted by Gasteiger charge is -2.48. The molecular weight excluding hydrogens is 196 g/mol. The van der Waals surface area contributed by atoms with Gasteiger partial charge in [0.1, 0.15) is 11.4 Å². The van der Waals surface area contributed by atoms with Crippen LogP contribution in [0.5, 0.6) is 5.75 Å². The fourth-order valence-corrected chi connectivity index (χ4v) is 3.57. The molecule has 0 unspecified atom stereocenters. The zero-order chi connectivity index (χ0) is 11.2. The Bertz CT molecular complexity index is 398. The molecule has 0 spiro atoms. The zero-order valence-electron chi connectivity index (χ0n) is 10.2. The summed E-state index contributed by atoms with van der Waals surface area (Å²) >= 11 is 0. The van der Waals surface area contributed by atoms with E-state index in [4.69, 9.17) is 4.74 Å². The average Bonchev–Trinajstić information content (AvgIpc) is 2.27. The minimum Gasteiger partial charge on any atom is -0.487 e. The number of para-hydroxylation sites is 1. The van der Waals surface area contributed by atoms with E-state index in [-0.39, 0.29) is 5.60 Å². The molecule has 1 aliphatic heterocycles. The second-order valence-electron chi connectivity index (χ2n) is 5.70. The van der Waals surface area contributed by atoms with E-state index in [9.17, 15) is 0 Å². The van der Waals surface area contributed by atoms with E-state index < -0.39 is 0 Å². The van der Waals surface area contributed by atoms with Gasteiger partial charge in [-0.05, 0) is 43.7 Å². The minimum absolute atomic E-state index is 0.0893. The van der Waals surface area contributed by atoms with Gasteiger partial charge in [0, 0.05) is 5.92 Å². The van der Waals surface area contributed by atoms with Crippen molar-refractivity contribution < 1.29 is 4.74 Å². The van der Waals surface area contributed by atoms with Gasteiger partial charge in [-0.2, -0.15) is 0 Å². The average molecular weight is 216 g/mol. The Morgan fingerprint density at radius 1 is 1.31 bits per heavy atom. The Morgan fingerprint density at radius 2 is 2.12 bits per heavy atom. The highest BCUT2D eigenvalue weighted by molar-refractivity contribution is 5.37. The molecule has 1 aromatic carbocycles. The molecule has 1 nitrogen and oxygen atoms in total. The molecular formula is C15H20O. The van der Waals surface area contributed by atoms with Crippen molar-refractivity contribution in [1.82, 2.24) is 0 Å². The van der Waals surface area contributed by atoms with Gasteiger partial charge in [0.2, 0.25) is 0 Å². The number of hydrogen-bond acceptors (Lipinski definition) is 1. The topological polar surface area (TPSA) is 9.23 Å². The molecule has 1 heteroatoms. The van der Waals surface area contributed by atoms with Gasteiger partial charge in [0.15, 0.2) is 0 Å². The van der Waals surface area contributed by atoms with Crippen LogP contribution in [0.2, 0.25) is 0 Å². The molecule has 1 heterocycles. The van der Waals surface area contributed by atoms with Crippen LogP contribution < -0.4 is 4.74 Å². The van der Waals surface area contributed by atoms with Crippen molar-refractivity contribution >= 4 is 0 Å².